The molecule has 1 unspecified atom stereocenters. The minimum absolute atomic E-state index is 0.108. The number of nitrogens with zero attached hydrogens (tertiary/aromatic N) is 1. The van der Waals surface area contributed by atoms with Gasteiger partial charge in [-0.25, -0.2) is 0 Å². The van der Waals surface area contributed by atoms with Crippen molar-refractivity contribution in [3.8, 4) is 0 Å². The SMILES string of the molecule is O=[N+]([O-])c1ccc(CNC2CCc3ccccc32)c(Br)c1. The molecule has 4 nitrogen and oxygen atoms in total. The van der Waals surface area contributed by atoms with Gasteiger partial charge in [-0.1, -0.05) is 40.2 Å². The number of nitrogens with one attached hydrogen (secondary N) is 1. The van der Waals surface area contributed by atoms with E-state index in [0.717, 1.165) is 22.9 Å². The lowest BCUT2D eigenvalue weighted by Crippen LogP contribution is -2.18. The average Bonchev–Trinajstić information content (AvgIpc) is 2.89. The van der Waals surface area contributed by atoms with E-state index in [1.54, 1.807) is 18.2 Å². The maximum atomic E-state index is 10.7. The Balaban J connectivity index is 1.70. The van der Waals surface area contributed by atoms with Crippen LogP contribution < -0.4 is 5.32 Å². The van der Waals surface area contributed by atoms with E-state index >= 15 is 0 Å². The second kappa shape index (κ2) is 5.95. The fraction of sp³-hybridized carbons (Fsp3) is 0.250. The van der Waals surface area contributed by atoms with Gasteiger partial charge in [0.2, 0.25) is 0 Å². The number of halogens is 1. The molecule has 5 heteroatoms. The predicted molar refractivity (Wildman–Crippen MR) is 85.1 cm³/mol. The highest BCUT2D eigenvalue weighted by Gasteiger charge is 2.21. The third kappa shape index (κ3) is 2.99. The van der Waals surface area contributed by atoms with Crippen molar-refractivity contribution in [3.63, 3.8) is 0 Å². The van der Waals surface area contributed by atoms with Crippen LogP contribution in [-0.4, -0.2) is 4.92 Å². The molecule has 2 aromatic rings. The number of aryl methyl sites for hydroxylation is 1. The van der Waals surface area contributed by atoms with Gasteiger partial charge < -0.3 is 5.32 Å². The van der Waals surface area contributed by atoms with E-state index in [0.29, 0.717) is 12.6 Å². The lowest BCUT2D eigenvalue weighted by Gasteiger charge is -2.14. The molecule has 0 bridgehead atoms. The normalized spacial score (nSPS) is 16.7. The van der Waals surface area contributed by atoms with E-state index in [1.807, 2.05) is 0 Å². The van der Waals surface area contributed by atoms with E-state index in [1.165, 1.54) is 11.1 Å². The number of nitro benzene ring substituents is 1. The van der Waals surface area contributed by atoms with Crippen LogP contribution >= 0.6 is 15.9 Å². The highest BCUT2D eigenvalue weighted by atomic mass is 79.9. The third-order valence-electron chi connectivity index (χ3n) is 3.92. The molecule has 0 heterocycles. The largest absolute Gasteiger partial charge is 0.306 e. The van der Waals surface area contributed by atoms with Gasteiger partial charge in [0, 0.05) is 29.2 Å². The summed E-state index contributed by atoms with van der Waals surface area (Å²) in [7, 11) is 0. The summed E-state index contributed by atoms with van der Waals surface area (Å²) in [5, 5.41) is 14.3. The molecule has 0 saturated carbocycles. The quantitative estimate of drug-likeness (QED) is 0.668. The monoisotopic (exact) mass is 346 g/mol. The van der Waals surface area contributed by atoms with Crippen molar-refractivity contribution in [1.29, 1.82) is 0 Å². The first-order chi connectivity index (χ1) is 10.1. The summed E-state index contributed by atoms with van der Waals surface area (Å²) in [6.07, 6.45) is 2.21. The van der Waals surface area contributed by atoms with Crippen molar-refractivity contribution in [3.05, 3.63) is 73.7 Å². The molecular formula is C16H15BrN2O2. The van der Waals surface area contributed by atoms with Gasteiger partial charge in [-0.05, 0) is 35.6 Å². The third-order valence-corrected chi connectivity index (χ3v) is 4.66. The molecule has 1 aliphatic rings. The molecule has 3 rings (SSSR count). The minimum atomic E-state index is -0.380. The van der Waals surface area contributed by atoms with Crippen LogP contribution in [0.1, 0.15) is 29.2 Å². The molecule has 108 valence electrons. The molecule has 1 atom stereocenters. The second-order valence-corrected chi connectivity index (χ2v) is 6.06. The maximum Gasteiger partial charge on any atom is 0.270 e. The first kappa shape index (κ1) is 14.2. The first-order valence-corrected chi connectivity index (χ1v) is 7.68. The van der Waals surface area contributed by atoms with E-state index in [9.17, 15) is 10.1 Å². The molecule has 2 aromatic carbocycles. The average molecular weight is 347 g/mol. The predicted octanol–water partition coefficient (Wildman–Crippen LogP) is 4.13. The number of fused-ring (bicyclic) bond motifs is 1. The Bertz CT molecular complexity index is 688. The Morgan fingerprint density at radius 3 is 2.86 bits per heavy atom. The first-order valence-electron chi connectivity index (χ1n) is 6.89. The number of nitro groups is 1. The Morgan fingerprint density at radius 2 is 2.10 bits per heavy atom. The zero-order valence-electron chi connectivity index (χ0n) is 11.4. The van der Waals surface area contributed by atoms with Gasteiger partial charge >= 0.3 is 0 Å². The standard InChI is InChI=1S/C16H15BrN2O2/c17-15-9-13(19(20)21)7-5-12(15)10-18-16-8-6-11-3-1-2-4-14(11)16/h1-5,7,9,16,18H,6,8,10H2. The van der Waals surface area contributed by atoms with Crippen LogP contribution in [0.25, 0.3) is 0 Å². The molecule has 0 radical (unpaired) electrons. The lowest BCUT2D eigenvalue weighted by atomic mass is 10.1. The molecule has 1 aliphatic carbocycles. The molecule has 0 fully saturated rings. The molecule has 0 amide bonds. The molecule has 21 heavy (non-hydrogen) atoms. The molecule has 1 N–H and O–H groups in total. The lowest BCUT2D eigenvalue weighted by molar-refractivity contribution is -0.384. The van der Waals surface area contributed by atoms with E-state index < -0.39 is 0 Å². The highest BCUT2D eigenvalue weighted by Crippen LogP contribution is 2.31. The van der Waals surface area contributed by atoms with Crippen LogP contribution in [0.3, 0.4) is 0 Å². The summed E-state index contributed by atoms with van der Waals surface area (Å²) in [6.45, 7) is 0.692. The Hall–Kier alpha value is -1.72. The summed E-state index contributed by atoms with van der Waals surface area (Å²) < 4.78 is 0.774. The number of hydrogen-bond acceptors (Lipinski definition) is 3. The van der Waals surface area contributed by atoms with Gasteiger partial charge in [-0.2, -0.15) is 0 Å². The molecular weight excluding hydrogens is 332 g/mol. The van der Waals surface area contributed by atoms with Crippen LogP contribution in [0, 0.1) is 10.1 Å². The van der Waals surface area contributed by atoms with E-state index in [4.69, 9.17) is 0 Å². The zero-order chi connectivity index (χ0) is 14.8. The van der Waals surface area contributed by atoms with Crippen molar-refractivity contribution in [1.82, 2.24) is 5.32 Å². The second-order valence-electron chi connectivity index (χ2n) is 5.20. The number of benzene rings is 2. The van der Waals surface area contributed by atoms with Crippen LogP contribution in [-0.2, 0) is 13.0 Å². The summed E-state index contributed by atoms with van der Waals surface area (Å²) >= 11 is 3.41. The summed E-state index contributed by atoms with van der Waals surface area (Å²) in [5.41, 5.74) is 3.93. The summed E-state index contributed by atoms with van der Waals surface area (Å²) in [6, 6.07) is 13.8. The zero-order valence-corrected chi connectivity index (χ0v) is 13.0. The minimum Gasteiger partial charge on any atom is -0.306 e. The van der Waals surface area contributed by atoms with Crippen molar-refractivity contribution in [2.24, 2.45) is 0 Å². The van der Waals surface area contributed by atoms with Crippen molar-refractivity contribution >= 4 is 21.6 Å². The van der Waals surface area contributed by atoms with Crippen LogP contribution in [0.2, 0.25) is 0 Å². The van der Waals surface area contributed by atoms with Crippen molar-refractivity contribution in [2.75, 3.05) is 0 Å². The van der Waals surface area contributed by atoms with Gasteiger partial charge in [0.25, 0.3) is 5.69 Å². The van der Waals surface area contributed by atoms with Gasteiger partial charge in [0.1, 0.15) is 0 Å². The van der Waals surface area contributed by atoms with Gasteiger partial charge in [-0.3, -0.25) is 10.1 Å². The van der Waals surface area contributed by atoms with Crippen molar-refractivity contribution in [2.45, 2.75) is 25.4 Å². The van der Waals surface area contributed by atoms with Gasteiger partial charge in [-0.15, -0.1) is 0 Å². The number of non-ortho nitro benzene ring substituents is 1. The van der Waals surface area contributed by atoms with Gasteiger partial charge in [0.05, 0.1) is 4.92 Å². The van der Waals surface area contributed by atoms with Crippen LogP contribution in [0.5, 0.6) is 0 Å². The Morgan fingerprint density at radius 1 is 1.29 bits per heavy atom. The Kier molecular flexibility index (Phi) is 4.03. The molecule has 0 aliphatic heterocycles. The summed E-state index contributed by atoms with van der Waals surface area (Å²) in [4.78, 5) is 10.4. The highest BCUT2D eigenvalue weighted by molar-refractivity contribution is 9.10. The van der Waals surface area contributed by atoms with Crippen LogP contribution in [0.4, 0.5) is 5.69 Å². The molecule has 0 saturated heterocycles. The fourth-order valence-corrected chi connectivity index (χ4v) is 3.30. The topological polar surface area (TPSA) is 55.2 Å². The smallest absolute Gasteiger partial charge is 0.270 e. The fourth-order valence-electron chi connectivity index (χ4n) is 2.80. The van der Waals surface area contributed by atoms with Gasteiger partial charge in [0.15, 0.2) is 0 Å². The Labute approximate surface area is 131 Å². The number of hydrogen-bond donors (Lipinski definition) is 1. The van der Waals surface area contributed by atoms with E-state index in [-0.39, 0.29) is 10.6 Å². The van der Waals surface area contributed by atoms with Crippen molar-refractivity contribution < 1.29 is 4.92 Å². The maximum absolute atomic E-state index is 10.7. The molecule has 0 spiro atoms. The number of rotatable bonds is 4. The van der Waals surface area contributed by atoms with E-state index in [2.05, 4.69) is 45.5 Å². The summed E-state index contributed by atoms with van der Waals surface area (Å²) in [5.74, 6) is 0. The molecule has 0 aromatic heterocycles. The van der Waals surface area contributed by atoms with Crippen LogP contribution in [0.15, 0.2) is 46.9 Å².